The van der Waals surface area contributed by atoms with E-state index in [4.69, 9.17) is 0 Å². The zero-order valence-corrected chi connectivity index (χ0v) is 13.5. The predicted octanol–water partition coefficient (Wildman–Crippen LogP) is 1.73. The highest BCUT2D eigenvalue weighted by Gasteiger charge is 2.45. The number of amides is 2. The van der Waals surface area contributed by atoms with E-state index in [9.17, 15) is 9.59 Å². The summed E-state index contributed by atoms with van der Waals surface area (Å²) in [6.07, 6.45) is 3.21. The van der Waals surface area contributed by atoms with Crippen LogP contribution in [-0.4, -0.2) is 41.3 Å². The van der Waals surface area contributed by atoms with Gasteiger partial charge in [0, 0.05) is 37.7 Å². The Morgan fingerprint density at radius 1 is 1.36 bits per heavy atom. The largest absolute Gasteiger partial charge is 0.355 e. The molecule has 3 rings (SSSR count). The highest BCUT2D eigenvalue weighted by molar-refractivity contribution is 5.92. The lowest BCUT2D eigenvalue weighted by Gasteiger charge is -2.22. The van der Waals surface area contributed by atoms with E-state index in [2.05, 4.69) is 31.1 Å². The van der Waals surface area contributed by atoms with Crippen LogP contribution in [0, 0.1) is 5.41 Å². The first-order valence-electron chi connectivity index (χ1n) is 7.82. The fourth-order valence-corrected chi connectivity index (χ4v) is 3.27. The summed E-state index contributed by atoms with van der Waals surface area (Å²) in [4.78, 5) is 30.2. The monoisotopic (exact) mass is 301 g/mol. The summed E-state index contributed by atoms with van der Waals surface area (Å²) in [5.74, 6) is 0.0682. The first-order chi connectivity index (χ1) is 10.3. The Morgan fingerprint density at radius 3 is 2.68 bits per heavy atom. The SMILES string of the molecule is CC(C)(C)c1ccc(C(=O)N2CCC3(CNC(=O)C3)C2)nc1. The highest BCUT2D eigenvalue weighted by Crippen LogP contribution is 2.37. The Bertz CT molecular complexity index is 603. The van der Waals surface area contributed by atoms with E-state index in [0.29, 0.717) is 31.7 Å². The van der Waals surface area contributed by atoms with Gasteiger partial charge < -0.3 is 10.2 Å². The lowest BCUT2D eigenvalue weighted by Crippen LogP contribution is -2.33. The summed E-state index contributed by atoms with van der Waals surface area (Å²) in [7, 11) is 0. The van der Waals surface area contributed by atoms with Crippen LogP contribution in [0.25, 0.3) is 0 Å². The second-order valence-electron chi connectivity index (χ2n) is 7.61. The van der Waals surface area contributed by atoms with Crippen molar-refractivity contribution in [2.24, 2.45) is 5.41 Å². The lowest BCUT2D eigenvalue weighted by molar-refractivity contribution is -0.119. The first kappa shape index (κ1) is 15.0. The summed E-state index contributed by atoms with van der Waals surface area (Å²) >= 11 is 0. The molecule has 0 bridgehead atoms. The molecule has 0 saturated carbocycles. The van der Waals surface area contributed by atoms with Crippen LogP contribution in [0.5, 0.6) is 0 Å². The number of nitrogens with one attached hydrogen (secondary N) is 1. The van der Waals surface area contributed by atoms with Crippen molar-refractivity contribution in [2.75, 3.05) is 19.6 Å². The van der Waals surface area contributed by atoms with Gasteiger partial charge in [-0.25, -0.2) is 0 Å². The minimum atomic E-state index is -0.0574. The van der Waals surface area contributed by atoms with Gasteiger partial charge in [-0.05, 0) is 23.5 Å². The zero-order chi connectivity index (χ0) is 16.0. The average molecular weight is 301 g/mol. The maximum absolute atomic E-state index is 12.6. The molecule has 2 saturated heterocycles. The summed E-state index contributed by atoms with van der Waals surface area (Å²) in [5.41, 5.74) is 1.58. The molecule has 1 aromatic heterocycles. The molecule has 1 aromatic rings. The molecule has 2 aliphatic heterocycles. The van der Waals surface area contributed by atoms with Gasteiger partial charge in [0.2, 0.25) is 5.91 Å². The third-order valence-corrected chi connectivity index (χ3v) is 4.77. The molecule has 22 heavy (non-hydrogen) atoms. The predicted molar refractivity (Wildman–Crippen MR) is 83.5 cm³/mol. The molecule has 118 valence electrons. The first-order valence-corrected chi connectivity index (χ1v) is 7.82. The van der Waals surface area contributed by atoms with Crippen LogP contribution in [0.2, 0.25) is 0 Å². The van der Waals surface area contributed by atoms with E-state index < -0.39 is 0 Å². The Hall–Kier alpha value is -1.91. The molecular formula is C17H23N3O2. The van der Waals surface area contributed by atoms with Gasteiger partial charge in [-0.15, -0.1) is 0 Å². The van der Waals surface area contributed by atoms with Crippen molar-refractivity contribution in [1.82, 2.24) is 15.2 Å². The van der Waals surface area contributed by atoms with Crippen LogP contribution in [-0.2, 0) is 10.2 Å². The van der Waals surface area contributed by atoms with Crippen molar-refractivity contribution in [3.63, 3.8) is 0 Å². The van der Waals surface area contributed by atoms with Crippen LogP contribution in [0.1, 0.15) is 49.7 Å². The van der Waals surface area contributed by atoms with E-state index in [1.54, 1.807) is 6.20 Å². The summed E-state index contributed by atoms with van der Waals surface area (Å²) in [6.45, 7) is 8.41. The van der Waals surface area contributed by atoms with Crippen molar-refractivity contribution < 1.29 is 9.59 Å². The number of rotatable bonds is 1. The second kappa shape index (κ2) is 5.07. The van der Waals surface area contributed by atoms with Crippen LogP contribution >= 0.6 is 0 Å². The number of carbonyl (C=O) groups is 2. The van der Waals surface area contributed by atoms with Gasteiger partial charge in [-0.3, -0.25) is 14.6 Å². The number of hydrogen-bond acceptors (Lipinski definition) is 3. The smallest absolute Gasteiger partial charge is 0.272 e. The van der Waals surface area contributed by atoms with Gasteiger partial charge in [-0.2, -0.15) is 0 Å². The van der Waals surface area contributed by atoms with Crippen LogP contribution in [0.3, 0.4) is 0 Å². The molecule has 5 nitrogen and oxygen atoms in total. The Labute approximate surface area is 131 Å². The molecule has 1 atom stereocenters. The second-order valence-corrected chi connectivity index (χ2v) is 7.61. The van der Waals surface area contributed by atoms with Gasteiger partial charge in [0.1, 0.15) is 5.69 Å². The van der Waals surface area contributed by atoms with Crippen molar-refractivity contribution >= 4 is 11.8 Å². The van der Waals surface area contributed by atoms with Crippen LogP contribution in [0.4, 0.5) is 0 Å². The van der Waals surface area contributed by atoms with E-state index >= 15 is 0 Å². The topological polar surface area (TPSA) is 62.3 Å². The minimum Gasteiger partial charge on any atom is -0.355 e. The van der Waals surface area contributed by atoms with Gasteiger partial charge in [0.15, 0.2) is 0 Å². The van der Waals surface area contributed by atoms with Gasteiger partial charge in [-0.1, -0.05) is 26.8 Å². The van der Waals surface area contributed by atoms with Crippen molar-refractivity contribution in [3.05, 3.63) is 29.6 Å². The number of likely N-dealkylation sites (tertiary alicyclic amines) is 1. The molecule has 0 aliphatic carbocycles. The normalized spacial score (nSPS) is 24.9. The molecule has 2 amide bonds. The van der Waals surface area contributed by atoms with E-state index in [-0.39, 0.29) is 22.6 Å². The Morgan fingerprint density at radius 2 is 2.14 bits per heavy atom. The van der Waals surface area contributed by atoms with Gasteiger partial charge >= 0.3 is 0 Å². The number of carbonyl (C=O) groups excluding carboxylic acids is 2. The van der Waals surface area contributed by atoms with Crippen molar-refractivity contribution in [3.8, 4) is 0 Å². The summed E-state index contributed by atoms with van der Waals surface area (Å²) in [6, 6.07) is 3.79. The molecule has 0 radical (unpaired) electrons. The number of aromatic nitrogens is 1. The lowest BCUT2D eigenvalue weighted by atomic mass is 9.86. The quantitative estimate of drug-likeness (QED) is 0.859. The van der Waals surface area contributed by atoms with Crippen molar-refractivity contribution in [2.45, 2.75) is 39.0 Å². The maximum atomic E-state index is 12.6. The third kappa shape index (κ3) is 2.72. The standard InChI is InChI=1S/C17H23N3O2/c1-16(2,3)12-4-5-13(18-9-12)15(22)20-7-6-17(11-20)8-14(21)19-10-17/h4-5,9H,6-8,10-11H2,1-3H3,(H,19,21). The molecule has 5 heteroatoms. The van der Waals surface area contributed by atoms with Crippen LogP contribution < -0.4 is 5.32 Å². The molecule has 0 aromatic carbocycles. The molecule has 1 unspecified atom stereocenters. The van der Waals surface area contributed by atoms with E-state index in [1.807, 2.05) is 17.0 Å². The Balaban J connectivity index is 1.71. The zero-order valence-electron chi connectivity index (χ0n) is 13.5. The third-order valence-electron chi connectivity index (χ3n) is 4.77. The number of nitrogens with zero attached hydrogens (tertiary/aromatic N) is 2. The van der Waals surface area contributed by atoms with E-state index in [0.717, 1.165) is 12.0 Å². The fraction of sp³-hybridized carbons (Fsp3) is 0.588. The highest BCUT2D eigenvalue weighted by atomic mass is 16.2. The Kier molecular flexibility index (Phi) is 3.46. The fourth-order valence-electron chi connectivity index (χ4n) is 3.27. The molecule has 3 heterocycles. The van der Waals surface area contributed by atoms with Gasteiger partial charge in [0.25, 0.3) is 5.91 Å². The number of pyridine rings is 1. The van der Waals surface area contributed by atoms with E-state index in [1.165, 1.54) is 0 Å². The molecule has 1 spiro atoms. The number of hydrogen-bond donors (Lipinski definition) is 1. The van der Waals surface area contributed by atoms with Crippen molar-refractivity contribution in [1.29, 1.82) is 0 Å². The maximum Gasteiger partial charge on any atom is 0.272 e. The van der Waals surface area contributed by atoms with Gasteiger partial charge in [0.05, 0.1) is 0 Å². The summed E-state index contributed by atoms with van der Waals surface area (Å²) in [5, 5.41) is 2.88. The molecular weight excluding hydrogens is 278 g/mol. The molecule has 1 N–H and O–H groups in total. The minimum absolute atomic E-state index is 0.0299. The average Bonchev–Trinajstić information content (AvgIpc) is 3.04. The molecule has 2 fully saturated rings. The molecule has 2 aliphatic rings. The summed E-state index contributed by atoms with van der Waals surface area (Å²) < 4.78 is 0. The van der Waals surface area contributed by atoms with Crippen LogP contribution in [0.15, 0.2) is 18.3 Å².